The van der Waals surface area contributed by atoms with E-state index in [1.165, 1.54) is 51.1 Å². The zero-order chi connectivity index (χ0) is 97.9. The molecule has 0 aliphatic rings. The minimum Gasteiger partial charge on any atom is -0.456 e. The van der Waals surface area contributed by atoms with E-state index in [1.807, 2.05) is 72.8 Å². The van der Waals surface area contributed by atoms with E-state index >= 15 is 0 Å². The number of hydrogen-bond acceptors (Lipinski definition) is 6. The highest BCUT2D eigenvalue weighted by Crippen LogP contribution is 2.51. The van der Waals surface area contributed by atoms with Gasteiger partial charge in [-0.3, -0.25) is 0 Å². The van der Waals surface area contributed by atoms with Crippen molar-refractivity contribution in [2.45, 2.75) is 0 Å². The molecule has 13 nitrogen and oxygen atoms in total. The third-order valence-electron chi connectivity index (χ3n) is 29.3. The molecule has 678 valence electrons. The molecule has 0 aliphatic carbocycles. The number of hydrogen-bond donors (Lipinski definition) is 0. The number of aromatic nitrogens is 6. The predicted molar refractivity (Wildman–Crippen MR) is 608 cm³/mol. The summed E-state index contributed by atoms with van der Waals surface area (Å²) in [5.74, 6) is 0. The Morgan fingerprint density at radius 3 is 0.769 bits per heavy atom. The highest BCUT2D eigenvalue weighted by Gasteiger charge is 2.28. The Labute approximate surface area is 847 Å². The number of nitriles is 3. The molecule has 15 heteroatoms. The van der Waals surface area contributed by atoms with E-state index in [-0.39, 0.29) is 0 Å². The van der Waals surface area contributed by atoms with Gasteiger partial charge in [0.25, 0.3) is 0 Å². The SMILES string of the molecule is [C-]#[N+]c1ccc2oc3cc4c(cc3c2c1)c1ccccc1n4-c1ccccc1-c1ccccc1-n1c2ccccc2c2cc(C#N)ccc21.[C-]#[N+]c1ccc2sc3cc4c(cc3c2c1)c1ccccc1n4-c1ccccc1-c1ccccc1-n1c2ccccc2c2cc(C#N)ccc21.[C-]#[N+]c1ccc2sc3cc4c5ccccc5n(-c5ccccc5-c5ccccc5-n5c6ccccc6c6cc(C#N)ccc65)c4cc3c2c1. The topological polar surface area (TPSA) is 127 Å². The van der Waals surface area contributed by atoms with Crippen LogP contribution in [0.3, 0.4) is 0 Å². The first-order valence-corrected chi connectivity index (χ1v) is 50.0. The van der Waals surface area contributed by atoms with Crippen LogP contribution in [0.5, 0.6) is 0 Å². The lowest BCUT2D eigenvalue weighted by Crippen LogP contribution is -2.01. The van der Waals surface area contributed by atoms with E-state index in [9.17, 15) is 15.8 Å². The first kappa shape index (κ1) is 84.7. The summed E-state index contributed by atoms with van der Waals surface area (Å²) >= 11 is 3.56. The summed E-state index contributed by atoms with van der Waals surface area (Å²) in [5.41, 5.74) is 31.7. The molecule has 0 N–H and O–H groups in total. The lowest BCUT2D eigenvalue weighted by Gasteiger charge is -2.18. The highest BCUT2D eigenvalue weighted by molar-refractivity contribution is 7.26. The van der Waals surface area contributed by atoms with E-state index in [4.69, 9.17) is 24.1 Å². The number of rotatable bonds is 9. The van der Waals surface area contributed by atoms with Crippen LogP contribution in [-0.4, -0.2) is 27.4 Å². The first-order chi connectivity index (χ1) is 72.6. The van der Waals surface area contributed by atoms with Crippen molar-refractivity contribution in [1.29, 1.82) is 15.8 Å². The van der Waals surface area contributed by atoms with Crippen LogP contribution in [0, 0.1) is 53.7 Å². The second kappa shape index (κ2) is 33.7. The normalized spacial score (nSPS) is 11.6. The number of thiophene rings is 2. The molecular formula is C132H72N12OS2. The summed E-state index contributed by atoms with van der Waals surface area (Å²) < 4.78 is 25.3. The Morgan fingerprint density at radius 2 is 0.429 bits per heavy atom. The van der Waals surface area contributed by atoms with E-state index in [2.05, 4.69) is 418 Å². The van der Waals surface area contributed by atoms with Crippen molar-refractivity contribution in [2.24, 2.45) is 0 Å². The summed E-state index contributed by atoms with van der Waals surface area (Å²) in [6, 6.07) is 159. The molecule has 21 aromatic carbocycles. The molecule has 0 aliphatic heterocycles. The van der Waals surface area contributed by atoms with Gasteiger partial charge in [-0.2, -0.15) is 15.8 Å². The molecule has 0 atom stereocenters. The monoisotopic (exact) mass is 1900 g/mol. The largest absolute Gasteiger partial charge is 0.456 e. The fourth-order valence-electron chi connectivity index (χ4n) is 23.0. The van der Waals surface area contributed by atoms with E-state index < -0.39 is 0 Å². The second-order valence-electron chi connectivity index (χ2n) is 37.0. The predicted octanol–water partition coefficient (Wildman–Crippen LogP) is 36.5. The maximum atomic E-state index is 9.71. The van der Waals surface area contributed by atoms with Gasteiger partial charge in [0, 0.05) is 139 Å². The Bertz CT molecular complexity index is 10800. The van der Waals surface area contributed by atoms with Gasteiger partial charge in [0.15, 0.2) is 17.1 Å². The molecule has 0 saturated carbocycles. The van der Waals surface area contributed by atoms with E-state index in [1.54, 1.807) is 28.7 Å². The lowest BCUT2D eigenvalue weighted by atomic mass is 10.0. The molecule has 0 spiro atoms. The fourth-order valence-corrected chi connectivity index (χ4v) is 25.2. The molecule has 147 heavy (non-hydrogen) atoms. The summed E-state index contributed by atoms with van der Waals surface area (Å²) in [7, 11) is 0. The van der Waals surface area contributed by atoms with E-state index in [0.717, 1.165) is 210 Å². The molecule has 9 aromatic heterocycles. The van der Waals surface area contributed by atoms with Gasteiger partial charge in [-0.1, -0.05) is 249 Å². The second-order valence-corrected chi connectivity index (χ2v) is 39.2. The maximum Gasteiger partial charge on any atom is 0.188 e. The minimum atomic E-state index is 0.596. The van der Waals surface area contributed by atoms with Gasteiger partial charge in [-0.25, -0.2) is 14.5 Å². The Balaban J connectivity index is 0.000000107. The van der Waals surface area contributed by atoms with Crippen molar-refractivity contribution < 1.29 is 4.42 Å². The zero-order valence-electron chi connectivity index (χ0n) is 78.2. The standard InChI is InChI=1S/C44H24N4O.2C44H24N4S/c1-46-28-19-21-43-35(23-28)36-24-34-32-13-5-9-17-40(32)48(42(34)25-44(36)49-43)38-15-7-3-11-30(38)29-10-2-6-14-37(29)47-39-16-8-4-12-31(39)33-22-27(26-45)18-20-41(33)47;1-46-28-19-21-43-35(23-28)36-24-42-34(25-44(36)49-43)32-13-5-9-17-40(32)48(42)38-15-7-3-11-30(38)29-10-2-6-14-37(29)47-39-16-8-4-12-31(39)33-22-27(26-45)18-20-41(33)47;1-46-28-19-21-43-35(23-28)36-24-34-32-13-5-9-17-40(32)48(42(34)25-44(36)49-43)38-15-7-3-11-30(38)29-10-2-6-14-37(29)47-39-16-8-4-12-31(39)33-22-27(26-45)18-20-41(33)47/h3*2-25H. The molecule has 0 radical (unpaired) electrons. The van der Waals surface area contributed by atoms with Crippen molar-refractivity contribution in [3.63, 3.8) is 0 Å². The van der Waals surface area contributed by atoms with Crippen molar-refractivity contribution in [1.82, 2.24) is 27.4 Å². The number of benzene rings is 21. The summed E-state index contributed by atoms with van der Waals surface area (Å²) in [6.07, 6.45) is 0. The van der Waals surface area contributed by atoms with Crippen LogP contribution in [0.25, 0.3) is 275 Å². The molecule has 9 heterocycles. The Morgan fingerprint density at radius 1 is 0.184 bits per heavy atom. The van der Waals surface area contributed by atoms with Crippen LogP contribution in [0.4, 0.5) is 17.1 Å². The van der Waals surface area contributed by atoms with Gasteiger partial charge in [0.2, 0.25) is 0 Å². The Kier molecular flexibility index (Phi) is 19.4. The molecule has 30 rings (SSSR count). The molecule has 0 unspecified atom stereocenters. The van der Waals surface area contributed by atoms with E-state index in [0.29, 0.717) is 33.8 Å². The van der Waals surface area contributed by atoms with Crippen LogP contribution in [0.2, 0.25) is 0 Å². The van der Waals surface area contributed by atoms with Gasteiger partial charge in [0.05, 0.1) is 155 Å². The quantitative estimate of drug-likeness (QED) is 0.133. The average Bonchev–Trinajstić information content (AvgIpc) is 1.57. The summed E-state index contributed by atoms with van der Waals surface area (Å²) in [6.45, 7) is 22.7. The van der Waals surface area contributed by atoms with Gasteiger partial charge in [-0.05, 0) is 198 Å². The van der Waals surface area contributed by atoms with Crippen molar-refractivity contribution >= 4 is 233 Å². The van der Waals surface area contributed by atoms with Crippen LogP contribution < -0.4 is 0 Å². The maximum absolute atomic E-state index is 9.71. The van der Waals surface area contributed by atoms with Crippen LogP contribution >= 0.6 is 22.7 Å². The van der Waals surface area contributed by atoms with Gasteiger partial charge >= 0.3 is 0 Å². The van der Waals surface area contributed by atoms with Gasteiger partial charge in [0.1, 0.15) is 11.2 Å². The average molecular weight is 1910 g/mol. The summed E-state index contributed by atoms with van der Waals surface area (Å²) in [4.78, 5) is 11.1. The number of para-hydroxylation sites is 12. The van der Waals surface area contributed by atoms with Gasteiger partial charge < -0.3 is 31.8 Å². The molecule has 0 bridgehead atoms. The minimum absolute atomic E-state index is 0.596. The first-order valence-electron chi connectivity index (χ1n) is 48.3. The molecule has 0 amide bonds. The third kappa shape index (κ3) is 13.2. The van der Waals surface area contributed by atoms with Crippen LogP contribution in [-0.2, 0) is 0 Å². The third-order valence-corrected chi connectivity index (χ3v) is 31.5. The smallest absolute Gasteiger partial charge is 0.188 e. The Hall–Kier alpha value is -20.4. The zero-order valence-corrected chi connectivity index (χ0v) is 79.8. The number of nitrogens with zero attached hydrogens (tertiary/aromatic N) is 12. The molecule has 0 saturated heterocycles. The molecule has 0 fully saturated rings. The van der Waals surface area contributed by atoms with Crippen molar-refractivity contribution in [3.05, 3.63) is 488 Å². The molecule has 30 aromatic rings. The fraction of sp³-hybridized carbons (Fsp3) is 0. The van der Waals surface area contributed by atoms with Crippen LogP contribution in [0.1, 0.15) is 16.7 Å². The summed E-state index contributed by atoms with van der Waals surface area (Å²) in [5, 5.41) is 49.3. The van der Waals surface area contributed by atoms with Crippen molar-refractivity contribution in [2.75, 3.05) is 0 Å². The number of furan rings is 1. The van der Waals surface area contributed by atoms with Gasteiger partial charge in [-0.15, -0.1) is 22.7 Å². The number of fused-ring (bicyclic) bond motifs is 27. The highest BCUT2D eigenvalue weighted by atomic mass is 32.1. The molecular weight excluding hydrogens is 1830 g/mol. The van der Waals surface area contributed by atoms with Crippen LogP contribution in [0.15, 0.2) is 441 Å². The lowest BCUT2D eigenvalue weighted by molar-refractivity contribution is 0.669. The van der Waals surface area contributed by atoms with Crippen molar-refractivity contribution in [3.8, 4) is 85.7 Å².